The van der Waals surface area contributed by atoms with Crippen molar-refractivity contribution in [1.29, 1.82) is 0 Å². The molecule has 0 fully saturated rings. The summed E-state index contributed by atoms with van der Waals surface area (Å²) in [4.78, 5) is 17.4. The number of aryl methyl sites for hydroxylation is 1. The summed E-state index contributed by atoms with van der Waals surface area (Å²) in [6.45, 7) is 4.81. The van der Waals surface area contributed by atoms with Crippen molar-refractivity contribution in [3.05, 3.63) is 82.7 Å². The number of benzene rings is 2. The monoisotopic (exact) mass is 428 g/mol. The van der Waals surface area contributed by atoms with Crippen molar-refractivity contribution in [3.63, 3.8) is 0 Å². The highest BCUT2D eigenvalue weighted by molar-refractivity contribution is 6.00. The Morgan fingerprint density at radius 3 is 2.66 bits per heavy atom. The van der Waals surface area contributed by atoms with Gasteiger partial charge in [0.1, 0.15) is 28.5 Å². The van der Waals surface area contributed by atoms with E-state index in [4.69, 9.17) is 9.47 Å². The first-order valence-corrected chi connectivity index (χ1v) is 11.5. The number of carbonyl (C=O) groups excluding carboxylic acids is 1. The number of carbonyl (C=O) groups is 1. The van der Waals surface area contributed by atoms with Crippen LogP contribution >= 0.6 is 0 Å². The van der Waals surface area contributed by atoms with Crippen LogP contribution in [0, 0.1) is 0 Å². The molecule has 2 aliphatic rings. The lowest BCUT2D eigenvalue weighted by Crippen LogP contribution is -2.43. The van der Waals surface area contributed by atoms with E-state index < -0.39 is 5.54 Å². The Bertz CT molecular complexity index is 1170. The van der Waals surface area contributed by atoms with Gasteiger partial charge in [0.2, 0.25) is 0 Å². The Morgan fingerprint density at radius 2 is 1.81 bits per heavy atom. The first-order valence-electron chi connectivity index (χ1n) is 11.5. The largest absolute Gasteiger partial charge is 0.493 e. The summed E-state index contributed by atoms with van der Waals surface area (Å²) in [6, 6.07) is 15.9. The molecule has 5 nitrogen and oxygen atoms in total. The molecule has 1 spiro atoms. The maximum absolute atomic E-state index is 13.0. The Morgan fingerprint density at radius 1 is 0.969 bits per heavy atom. The minimum atomic E-state index is -0.826. The number of hydrogen-bond donors (Lipinski definition) is 1. The number of pyridine rings is 1. The zero-order valence-corrected chi connectivity index (χ0v) is 18.6. The van der Waals surface area contributed by atoms with E-state index in [0.717, 1.165) is 46.6 Å². The molecule has 1 aromatic heterocycles. The van der Waals surface area contributed by atoms with Gasteiger partial charge in [-0.1, -0.05) is 50.5 Å². The molecule has 0 radical (unpaired) electrons. The molecule has 0 saturated heterocycles. The van der Waals surface area contributed by atoms with Crippen LogP contribution in [0.5, 0.6) is 17.2 Å². The molecule has 3 heterocycles. The third kappa shape index (κ3) is 3.15. The van der Waals surface area contributed by atoms with E-state index in [1.54, 1.807) is 6.20 Å². The summed E-state index contributed by atoms with van der Waals surface area (Å²) >= 11 is 0. The Kier molecular flexibility index (Phi) is 5.33. The van der Waals surface area contributed by atoms with E-state index in [1.165, 1.54) is 19.3 Å². The topological polar surface area (TPSA) is 60.5 Å². The molecule has 164 valence electrons. The van der Waals surface area contributed by atoms with Gasteiger partial charge in [0.15, 0.2) is 0 Å². The summed E-state index contributed by atoms with van der Waals surface area (Å²) in [6.07, 6.45) is 7.31. The first-order chi connectivity index (χ1) is 15.7. The van der Waals surface area contributed by atoms with Gasteiger partial charge < -0.3 is 14.8 Å². The third-order valence-electron chi connectivity index (χ3n) is 6.41. The van der Waals surface area contributed by atoms with Crippen LogP contribution in [0.4, 0.5) is 0 Å². The maximum Gasteiger partial charge on any atom is 0.271 e. The van der Waals surface area contributed by atoms with Gasteiger partial charge in [-0.15, -0.1) is 0 Å². The van der Waals surface area contributed by atoms with Gasteiger partial charge in [0, 0.05) is 29.0 Å². The van der Waals surface area contributed by atoms with Crippen LogP contribution in [-0.4, -0.2) is 17.5 Å². The number of nitrogens with one attached hydrogen (secondary N) is 1. The lowest BCUT2D eigenvalue weighted by molar-refractivity contribution is 0.0943. The number of fused-ring (bicyclic) bond motifs is 6. The summed E-state index contributed by atoms with van der Waals surface area (Å²) in [7, 11) is 0. The number of aromatic nitrogens is 1. The van der Waals surface area contributed by atoms with Gasteiger partial charge in [0.25, 0.3) is 5.91 Å². The molecule has 3 aromatic rings. The first kappa shape index (κ1) is 20.6. The molecule has 1 N–H and O–H groups in total. The zero-order chi connectivity index (χ0) is 22.1. The summed E-state index contributed by atoms with van der Waals surface area (Å²) < 4.78 is 12.4. The number of para-hydroxylation sites is 1. The number of rotatable bonds is 7. The Labute approximate surface area is 188 Å². The zero-order valence-electron chi connectivity index (χ0n) is 18.6. The van der Waals surface area contributed by atoms with Crippen molar-refractivity contribution in [2.75, 3.05) is 6.61 Å². The molecular weight excluding hydrogens is 400 g/mol. The van der Waals surface area contributed by atoms with Crippen LogP contribution in [0.15, 0.2) is 54.7 Å². The van der Waals surface area contributed by atoms with E-state index in [1.807, 2.05) is 49.4 Å². The number of hydrogen-bond acceptors (Lipinski definition) is 4. The van der Waals surface area contributed by atoms with Gasteiger partial charge in [-0.25, -0.2) is 0 Å². The van der Waals surface area contributed by atoms with Crippen LogP contribution in [0.2, 0.25) is 0 Å². The number of nitrogens with zero attached hydrogens (tertiary/aromatic N) is 1. The second kappa shape index (κ2) is 8.30. The molecule has 0 bridgehead atoms. The van der Waals surface area contributed by atoms with Gasteiger partial charge in [-0.05, 0) is 43.5 Å². The lowest BCUT2D eigenvalue weighted by atomic mass is 9.75. The lowest BCUT2D eigenvalue weighted by Gasteiger charge is -2.38. The smallest absolute Gasteiger partial charge is 0.271 e. The molecule has 32 heavy (non-hydrogen) atoms. The molecule has 0 saturated carbocycles. The quantitative estimate of drug-likeness (QED) is 0.487. The van der Waals surface area contributed by atoms with Crippen molar-refractivity contribution in [2.45, 2.75) is 51.5 Å². The summed E-state index contributed by atoms with van der Waals surface area (Å²) in [5.41, 5.74) is 3.51. The Balaban J connectivity index is 1.71. The predicted octanol–water partition coefficient (Wildman–Crippen LogP) is 5.74. The van der Waals surface area contributed by atoms with Crippen molar-refractivity contribution < 1.29 is 14.3 Å². The van der Waals surface area contributed by atoms with Gasteiger partial charge >= 0.3 is 0 Å². The van der Waals surface area contributed by atoms with Crippen LogP contribution < -0.4 is 14.8 Å². The molecule has 1 amide bonds. The van der Waals surface area contributed by atoms with E-state index >= 15 is 0 Å². The van der Waals surface area contributed by atoms with Gasteiger partial charge in [-0.2, -0.15) is 0 Å². The highest BCUT2D eigenvalue weighted by atomic mass is 16.5. The van der Waals surface area contributed by atoms with Crippen LogP contribution in [0.1, 0.15) is 72.3 Å². The second-order valence-corrected chi connectivity index (χ2v) is 8.40. The highest BCUT2D eigenvalue weighted by Crippen LogP contribution is 2.54. The molecule has 5 heteroatoms. The highest BCUT2D eigenvalue weighted by Gasteiger charge is 2.51. The normalized spacial score (nSPS) is 17.9. The van der Waals surface area contributed by atoms with Crippen molar-refractivity contribution in [1.82, 2.24) is 10.3 Å². The molecule has 0 aliphatic carbocycles. The molecule has 2 aliphatic heterocycles. The average molecular weight is 429 g/mol. The van der Waals surface area contributed by atoms with E-state index in [2.05, 4.69) is 23.3 Å². The second-order valence-electron chi connectivity index (χ2n) is 8.40. The molecular formula is C27H28N2O3. The minimum absolute atomic E-state index is 0.165. The molecule has 2 aromatic carbocycles. The van der Waals surface area contributed by atoms with Crippen LogP contribution in [-0.2, 0) is 12.0 Å². The van der Waals surface area contributed by atoms with Gasteiger partial charge in [-0.3, -0.25) is 9.78 Å². The van der Waals surface area contributed by atoms with E-state index in [-0.39, 0.29) is 5.91 Å². The number of amides is 1. The predicted molar refractivity (Wildman–Crippen MR) is 124 cm³/mol. The molecule has 5 rings (SSSR count). The van der Waals surface area contributed by atoms with Crippen LogP contribution in [0.25, 0.3) is 0 Å². The number of ether oxygens (including phenoxy) is 2. The van der Waals surface area contributed by atoms with Crippen molar-refractivity contribution in [2.24, 2.45) is 0 Å². The maximum atomic E-state index is 13.0. The summed E-state index contributed by atoms with van der Waals surface area (Å²) in [5, 5.41) is 3.28. The third-order valence-corrected chi connectivity index (χ3v) is 6.41. The summed E-state index contributed by atoms with van der Waals surface area (Å²) in [5.74, 6) is 2.13. The van der Waals surface area contributed by atoms with Crippen LogP contribution in [0.3, 0.4) is 0 Å². The van der Waals surface area contributed by atoms with E-state index in [9.17, 15) is 4.79 Å². The fourth-order valence-corrected chi connectivity index (χ4v) is 4.95. The fraction of sp³-hybridized carbons (Fsp3) is 0.333. The molecule has 1 atom stereocenters. The van der Waals surface area contributed by atoms with Gasteiger partial charge in [0.05, 0.1) is 6.61 Å². The SMILES string of the molecule is CCCCCCc1cc2c(cc1OCC)Oc1ccccc1C21NC(=O)c2ncccc21. The fourth-order valence-electron chi connectivity index (χ4n) is 4.95. The van der Waals surface area contributed by atoms with E-state index in [0.29, 0.717) is 18.1 Å². The van der Waals surface area contributed by atoms with Crippen molar-refractivity contribution >= 4 is 5.91 Å². The minimum Gasteiger partial charge on any atom is -0.493 e. The standard InChI is InChI=1S/C27H28N2O3/c1-3-5-6-7-11-18-16-21-24(17-23(18)31-4-2)32-22-14-9-8-12-19(22)27(21)20-13-10-15-28-25(20)26(30)29-27/h8-10,12-17H,3-7,11H2,1-2H3,(H,29,30). The van der Waals surface area contributed by atoms with Crippen molar-refractivity contribution in [3.8, 4) is 17.2 Å². The number of unbranched alkanes of at least 4 members (excludes halogenated alkanes) is 3. The Hall–Kier alpha value is -3.34. The molecule has 1 unspecified atom stereocenters. The average Bonchev–Trinajstić information content (AvgIpc) is 3.11.